The van der Waals surface area contributed by atoms with Crippen molar-refractivity contribution in [2.24, 2.45) is 17.1 Å². The molecule has 0 heterocycles. The molecule has 2 atom stereocenters. The van der Waals surface area contributed by atoms with Crippen LogP contribution in [0.5, 0.6) is 0 Å². The molecule has 64 valence electrons. The average Bonchev–Trinajstić information content (AvgIpc) is 1.88. The second-order valence-electron chi connectivity index (χ2n) is 4.04. The van der Waals surface area contributed by atoms with E-state index in [1.165, 1.54) is 0 Å². The van der Waals surface area contributed by atoms with Gasteiger partial charge < -0.3 is 5.73 Å². The van der Waals surface area contributed by atoms with E-state index in [4.69, 9.17) is 11.0 Å². The van der Waals surface area contributed by atoms with Gasteiger partial charge in [-0.3, -0.25) is 0 Å². The number of nitriles is 1. The maximum absolute atomic E-state index is 8.73. The van der Waals surface area contributed by atoms with E-state index in [1.807, 2.05) is 6.92 Å². The lowest BCUT2D eigenvalue weighted by Crippen LogP contribution is -2.40. The van der Waals surface area contributed by atoms with Gasteiger partial charge in [0.1, 0.15) is 0 Å². The van der Waals surface area contributed by atoms with Crippen LogP contribution < -0.4 is 5.73 Å². The highest BCUT2D eigenvalue weighted by Gasteiger charge is 2.27. The fourth-order valence-corrected chi connectivity index (χ4v) is 1.03. The Morgan fingerprint density at radius 3 is 2.00 bits per heavy atom. The molecule has 0 saturated carbocycles. The van der Waals surface area contributed by atoms with Crippen molar-refractivity contribution in [2.75, 3.05) is 0 Å². The second-order valence-corrected chi connectivity index (χ2v) is 4.04. The molecule has 0 spiro atoms. The smallest absolute Gasteiger partial charge is 0.0672 e. The van der Waals surface area contributed by atoms with Gasteiger partial charge in [-0.2, -0.15) is 5.26 Å². The summed E-state index contributed by atoms with van der Waals surface area (Å²) in [5, 5.41) is 8.73. The molecule has 0 fully saturated rings. The molecule has 0 bridgehead atoms. The van der Waals surface area contributed by atoms with Crippen molar-refractivity contribution in [3.8, 4) is 6.07 Å². The molecule has 0 aromatic heterocycles. The Morgan fingerprint density at radius 1 is 1.45 bits per heavy atom. The first-order valence-corrected chi connectivity index (χ1v) is 4.08. The minimum absolute atomic E-state index is 0.00463. The Labute approximate surface area is 69.4 Å². The van der Waals surface area contributed by atoms with Gasteiger partial charge in [0.15, 0.2) is 0 Å². The van der Waals surface area contributed by atoms with Crippen LogP contribution in [0.1, 0.15) is 34.1 Å². The lowest BCUT2D eigenvalue weighted by molar-refractivity contribution is 0.266. The summed E-state index contributed by atoms with van der Waals surface area (Å²) in [6, 6.07) is 2.22. The predicted molar refractivity (Wildman–Crippen MR) is 46.8 cm³/mol. The molecule has 0 aromatic rings. The maximum Gasteiger partial charge on any atom is 0.0672 e. The molecule has 0 aliphatic rings. The molecule has 2 N–H and O–H groups in total. The molecule has 0 aliphatic carbocycles. The zero-order valence-corrected chi connectivity index (χ0v) is 7.89. The van der Waals surface area contributed by atoms with E-state index < -0.39 is 0 Å². The predicted octanol–water partition coefficient (Wildman–Crippen LogP) is 1.91. The van der Waals surface area contributed by atoms with Crippen LogP contribution in [-0.2, 0) is 0 Å². The van der Waals surface area contributed by atoms with Crippen LogP contribution in [0.3, 0.4) is 0 Å². The molecule has 2 unspecified atom stereocenters. The quantitative estimate of drug-likeness (QED) is 0.660. The number of hydrogen-bond donors (Lipinski definition) is 1. The number of nitrogens with two attached hydrogens (primary N) is 1. The van der Waals surface area contributed by atoms with Crippen LogP contribution in [0.15, 0.2) is 0 Å². The maximum atomic E-state index is 8.73. The summed E-state index contributed by atoms with van der Waals surface area (Å²) in [5.41, 5.74) is 5.93. The highest BCUT2D eigenvalue weighted by Crippen LogP contribution is 2.24. The molecule has 2 heteroatoms. The van der Waals surface area contributed by atoms with Crippen molar-refractivity contribution in [1.29, 1.82) is 5.26 Å². The standard InChI is InChI=1S/C9H18N2/c1-5-7(6-10)8(11)9(2,3)4/h7-8H,5,11H2,1-4H3. The van der Waals surface area contributed by atoms with Crippen LogP contribution in [0.25, 0.3) is 0 Å². The summed E-state index contributed by atoms with van der Waals surface area (Å²) in [7, 11) is 0. The summed E-state index contributed by atoms with van der Waals surface area (Å²) in [6.45, 7) is 8.20. The summed E-state index contributed by atoms with van der Waals surface area (Å²) in [4.78, 5) is 0. The Bertz CT molecular complexity index is 150. The lowest BCUT2D eigenvalue weighted by Gasteiger charge is -2.29. The van der Waals surface area contributed by atoms with Crippen molar-refractivity contribution in [3.05, 3.63) is 0 Å². The molecule has 0 saturated heterocycles. The van der Waals surface area contributed by atoms with Crippen LogP contribution in [0.4, 0.5) is 0 Å². The largest absolute Gasteiger partial charge is 0.326 e. The SMILES string of the molecule is CCC(C#N)C(N)C(C)(C)C. The summed E-state index contributed by atoms with van der Waals surface area (Å²) < 4.78 is 0. The zero-order valence-electron chi connectivity index (χ0n) is 7.89. The summed E-state index contributed by atoms with van der Waals surface area (Å²) in [6.07, 6.45) is 0.842. The third kappa shape index (κ3) is 2.90. The highest BCUT2D eigenvalue weighted by molar-refractivity contribution is 4.94. The Kier molecular flexibility index (Phi) is 3.54. The van der Waals surface area contributed by atoms with E-state index in [2.05, 4.69) is 26.8 Å². The van der Waals surface area contributed by atoms with Gasteiger partial charge in [0, 0.05) is 6.04 Å². The average molecular weight is 154 g/mol. The monoisotopic (exact) mass is 154 g/mol. The van der Waals surface area contributed by atoms with Gasteiger partial charge in [0.2, 0.25) is 0 Å². The summed E-state index contributed by atoms with van der Waals surface area (Å²) >= 11 is 0. The fraction of sp³-hybridized carbons (Fsp3) is 0.889. The van der Waals surface area contributed by atoms with Gasteiger partial charge in [-0.1, -0.05) is 27.7 Å². The third-order valence-corrected chi connectivity index (χ3v) is 2.04. The number of rotatable bonds is 2. The van der Waals surface area contributed by atoms with Crippen LogP contribution >= 0.6 is 0 Å². The topological polar surface area (TPSA) is 49.8 Å². The van der Waals surface area contributed by atoms with Gasteiger partial charge in [-0.15, -0.1) is 0 Å². The van der Waals surface area contributed by atoms with Crippen LogP contribution in [-0.4, -0.2) is 6.04 Å². The molecule has 0 aliphatic heterocycles. The van der Waals surface area contributed by atoms with Crippen molar-refractivity contribution in [2.45, 2.75) is 40.2 Å². The van der Waals surface area contributed by atoms with Crippen molar-refractivity contribution in [1.82, 2.24) is 0 Å². The Morgan fingerprint density at radius 2 is 1.91 bits per heavy atom. The normalized spacial score (nSPS) is 17.1. The van der Waals surface area contributed by atoms with E-state index in [0.717, 1.165) is 6.42 Å². The molecular formula is C9H18N2. The minimum Gasteiger partial charge on any atom is -0.326 e. The molecule has 0 amide bonds. The molecule has 0 rings (SSSR count). The van der Waals surface area contributed by atoms with E-state index in [9.17, 15) is 0 Å². The van der Waals surface area contributed by atoms with E-state index in [1.54, 1.807) is 0 Å². The zero-order chi connectivity index (χ0) is 9.07. The van der Waals surface area contributed by atoms with Gasteiger partial charge >= 0.3 is 0 Å². The van der Waals surface area contributed by atoms with Gasteiger partial charge in [0.25, 0.3) is 0 Å². The fourth-order valence-electron chi connectivity index (χ4n) is 1.03. The molecule has 0 aromatic carbocycles. The first-order chi connectivity index (χ1) is 4.93. The lowest BCUT2D eigenvalue weighted by atomic mass is 9.79. The molecular weight excluding hydrogens is 136 g/mol. The van der Waals surface area contributed by atoms with E-state index in [-0.39, 0.29) is 17.4 Å². The van der Waals surface area contributed by atoms with Gasteiger partial charge in [0.05, 0.1) is 12.0 Å². The second kappa shape index (κ2) is 3.73. The van der Waals surface area contributed by atoms with Crippen LogP contribution in [0, 0.1) is 22.7 Å². The first-order valence-electron chi connectivity index (χ1n) is 4.08. The molecule has 11 heavy (non-hydrogen) atoms. The van der Waals surface area contributed by atoms with Crippen molar-refractivity contribution in [3.63, 3.8) is 0 Å². The van der Waals surface area contributed by atoms with Gasteiger partial charge in [-0.25, -0.2) is 0 Å². The van der Waals surface area contributed by atoms with Gasteiger partial charge in [-0.05, 0) is 11.8 Å². The molecule has 0 radical (unpaired) electrons. The highest BCUT2D eigenvalue weighted by atomic mass is 14.7. The number of nitrogens with zero attached hydrogens (tertiary/aromatic N) is 1. The molecule has 2 nitrogen and oxygen atoms in total. The number of hydrogen-bond acceptors (Lipinski definition) is 2. The Hall–Kier alpha value is -0.550. The van der Waals surface area contributed by atoms with E-state index in [0.29, 0.717) is 0 Å². The van der Waals surface area contributed by atoms with E-state index >= 15 is 0 Å². The third-order valence-electron chi connectivity index (χ3n) is 2.04. The Balaban J connectivity index is 4.24. The van der Waals surface area contributed by atoms with Crippen LogP contribution in [0.2, 0.25) is 0 Å². The van der Waals surface area contributed by atoms with Crippen molar-refractivity contribution < 1.29 is 0 Å². The summed E-state index contributed by atoms with van der Waals surface area (Å²) in [5.74, 6) is -0.00463. The first kappa shape index (κ1) is 10.4. The van der Waals surface area contributed by atoms with Crippen molar-refractivity contribution >= 4 is 0 Å². The minimum atomic E-state index is -0.0162.